The van der Waals surface area contributed by atoms with Crippen molar-refractivity contribution in [3.63, 3.8) is 0 Å². The Labute approximate surface area is 137 Å². The van der Waals surface area contributed by atoms with Crippen LogP contribution in [0.15, 0.2) is 24.3 Å². The minimum absolute atomic E-state index is 0.0167. The first-order valence-corrected chi connectivity index (χ1v) is 8.22. The van der Waals surface area contributed by atoms with Crippen LogP contribution in [0.2, 0.25) is 0 Å². The van der Waals surface area contributed by atoms with Gasteiger partial charge in [0.25, 0.3) is 0 Å². The molecule has 0 radical (unpaired) electrons. The van der Waals surface area contributed by atoms with Crippen molar-refractivity contribution in [1.29, 1.82) is 0 Å². The van der Waals surface area contributed by atoms with E-state index in [2.05, 4.69) is 0 Å². The first kappa shape index (κ1) is 17.8. The number of aliphatic hydroxyl groups excluding tert-OH is 1. The van der Waals surface area contributed by atoms with E-state index in [-0.39, 0.29) is 13.2 Å². The first-order chi connectivity index (χ1) is 11.2. The Balaban J connectivity index is 1.73. The van der Waals surface area contributed by atoms with Crippen molar-refractivity contribution in [1.82, 2.24) is 0 Å². The van der Waals surface area contributed by atoms with E-state index in [1.807, 2.05) is 0 Å². The van der Waals surface area contributed by atoms with E-state index in [1.165, 1.54) is 25.7 Å². The van der Waals surface area contributed by atoms with Crippen molar-refractivity contribution in [3.05, 3.63) is 29.8 Å². The maximum Gasteiger partial charge on any atom is 0.338 e. The molecule has 1 N–H and O–H groups in total. The second-order valence-electron chi connectivity index (χ2n) is 6.04. The third-order valence-electron chi connectivity index (χ3n) is 4.27. The molecule has 5 nitrogen and oxygen atoms in total. The standard InChI is InChI=1S/C18H26O5/c1-21-12-14-2-4-15(5-3-14)13-23-17-8-6-16(7-9-17)18(20)22-11-10-19/h6-9,14-15,19H,2-5,10-13H2,1H3. The molecule has 2 rings (SSSR count). The smallest absolute Gasteiger partial charge is 0.338 e. The summed E-state index contributed by atoms with van der Waals surface area (Å²) in [6.45, 7) is 1.43. The fourth-order valence-electron chi connectivity index (χ4n) is 2.92. The number of benzene rings is 1. The molecule has 0 spiro atoms. The highest BCUT2D eigenvalue weighted by Gasteiger charge is 2.21. The summed E-state index contributed by atoms with van der Waals surface area (Å²) in [5, 5.41) is 8.64. The molecule has 0 amide bonds. The zero-order chi connectivity index (χ0) is 16.5. The Morgan fingerprint density at radius 3 is 2.26 bits per heavy atom. The first-order valence-electron chi connectivity index (χ1n) is 8.22. The monoisotopic (exact) mass is 322 g/mol. The van der Waals surface area contributed by atoms with E-state index in [0.717, 1.165) is 12.4 Å². The normalized spacial score (nSPS) is 21.0. The maximum atomic E-state index is 11.6. The van der Waals surface area contributed by atoms with E-state index < -0.39 is 5.97 Å². The minimum Gasteiger partial charge on any atom is -0.493 e. The SMILES string of the molecule is COCC1CCC(COc2ccc(C(=O)OCCO)cc2)CC1. The lowest BCUT2D eigenvalue weighted by molar-refractivity contribution is 0.0433. The molecule has 1 saturated carbocycles. The average Bonchev–Trinajstić information content (AvgIpc) is 2.60. The van der Waals surface area contributed by atoms with Crippen molar-refractivity contribution in [3.8, 4) is 5.75 Å². The number of carbonyl (C=O) groups excluding carboxylic acids is 1. The second-order valence-corrected chi connectivity index (χ2v) is 6.04. The lowest BCUT2D eigenvalue weighted by atomic mass is 9.83. The van der Waals surface area contributed by atoms with Crippen LogP contribution in [0.4, 0.5) is 0 Å². The maximum absolute atomic E-state index is 11.6. The van der Waals surface area contributed by atoms with Crippen LogP contribution < -0.4 is 4.74 Å². The van der Waals surface area contributed by atoms with Gasteiger partial charge in [-0.1, -0.05) is 0 Å². The van der Waals surface area contributed by atoms with Gasteiger partial charge in [0.2, 0.25) is 0 Å². The van der Waals surface area contributed by atoms with Gasteiger partial charge in [0.1, 0.15) is 12.4 Å². The molecule has 1 aliphatic rings. The van der Waals surface area contributed by atoms with Crippen molar-refractivity contribution < 1.29 is 24.1 Å². The van der Waals surface area contributed by atoms with E-state index in [4.69, 9.17) is 19.3 Å². The van der Waals surface area contributed by atoms with E-state index in [9.17, 15) is 4.79 Å². The zero-order valence-electron chi connectivity index (χ0n) is 13.7. The Kier molecular flexibility index (Phi) is 7.36. The van der Waals surface area contributed by atoms with Gasteiger partial charge in [-0.15, -0.1) is 0 Å². The van der Waals surface area contributed by atoms with Gasteiger partial charge in [0.05, 0.1) is 18.8 Å². The van der Waals surface area contributed by atoms with Gasteiger partial charge < -0.3 is 19.3 Å². The summed E-state index contributed by atoms with van der Waals surface area (Å²) < 4.78 is 15.9. The number of hydrogen-bond donors (Lipinski definition) is 1. The van der Waals surface area contributed by atoms with Gasteiger partial charge in [-0.05, 0) is 61.8 Å². The second kappa shape index (κ2) is 9.53. The Hall–Kier alpha value is -1.59. The van der Waals surface area contributed by atoms with Crippen molar-refractivity contribution in [2.75, 3.05) is 33.5 Å². The van der Waals surface area contributed by atoms with Crippen LogP contribution in [0.1, 0.15) is 36.0 Å². The summed E-state index contributed by atoms with van der Waals surface area (Å²) in [5.41, 5.74) is 0.464. The lowest BCUT2D eigenvalue weighted by Crippen LogP contribution is -2.22. The molecule has 0 heterocycles. The fraction of sp³-hybridized carbons (Fsp3) is 0.611. The van der Waals surface area contributed by atoms with Crippen LogP contribution in [0.3, 0.4) is 0 Å². The average molecular weight is 322 g/mol. The third-order valence-corrected chi connectivity index (χ3v) is 4.27. The zero-order valence-corrected chi connectivity index (χ0v) is 13.7. The molecule has 1 fully saturated rings. The van der Waals surface area contributed by atoms with Crippen LogP contribution in [-0.4, -0.2) is 44.6 Å². The highest BCUT2D eigenvalue weighted by Crippen LogP contribution is 2.29. The molecular weight excluding hydrogens is 296 g/mol. The predicted molar refractivity (Wildman–Crippen MR) is 86.6 cm³/mol. The van der Waals surface area contributed by atoms with Crippen LogP contribution >= 0.6 is 0 Å². The van der Waals surface area contributed by atoms with Gasteiger partial charge in [-0.3, -0.25) is 0 Å². The van der Waals surface area contributed by atoms with E-state index in [0.29, 0.717) is 24.0 Å². The molecule has 23 heavy (non-hydrogen) atoms. The number of rotatable bonds is 8. The summed E-state index contributed by atoms with van der Waals surface area (Å²) in [7, 11) is 1.76. The van der Waals surface area contributed by atoms with Gasteiger partial charge >= 0.3 is 5.97 Å². The Bertz CT molecular complexity index is 463. The Morgan fingerprint density at radius 1 is 1.09 bits per heavy atom. The third kappa shape index (κ3) is 5.84. The quantitative estimate of drug-likeness (QED) is 0.746. The molecule has 0 atom stereocenters. The summed E-state index contributed by atoms with van der Waals surface area (Å²) in [5.74, 6) is 1.63. The highest BCUT2D eigenvalue weighted by molar-refractivity contribution is 5.89. The molecular formula is C18H26O5. The lowest BCUT2D eigenvalue weighted by Gasteiger charge is -2.27. The number of carbonyl (C=O) groups is 1. The topological polar surface area (TPSA) is 65.0 Å². The molecule has 128 valence electrons. The van der Waals surface area contributed by atoms with Crippen LogP contribution in [0.5, 0.6) is 5.75 Å². The molecule has 0 aromatic heterocycles. The van der Waals surface area contributed by atoms with E-state index in [1.54, 1.807) is 31.4 Å². The summed E-state index contributed by atoms with van der Waals surface area (Å²) in [6.07, 6.45) is 4.77. The number of ether oxygens (including phenoxy) is 3. The fourth-order valence-corrected chi connectivity index (χ4v) is 2.92. The summed E-state index contributed by atoms with van der Waals surface area (Å²) in [4.78, 5) is 11.6. The molecule has 0 aliphatic heterocycles. The molecule has 1 aliphatic carbocycles. The highest BCUT2D eigenvalue weighted by atomic mass is 16.5. The van der Waals surface area contributed by atoms with Crippen LogP contribution in [0, 0.1) is 11.8 Å². The summed E-state index contributed by atoms with van der Waals surface area (Å²) in [6, 6.07) is 6.94. The largest absolute Gasteiger partial charge is 0.493 e. The molecule has 0 bridgehead atoms. The molecule has 1 aromatic carbocycles. The van der Waals surface area contributed by atoms with Crippen LogP contribution in [0.25, 0.3) is 0 Å². The minimum atomic E-state index is -0.429. The molecule has 0 saturated heterocycles. The molecule has 5 heteroatoms. The number of methoxy groups -OCH3 is 1. The van der Waals surface area contributed by atoms with Gasteiger partial charge in [-0.25, -0.2) is 4.79 Å². The van der Waals surface area contributed by atoms with Gasteiger partial charge in [-0.2, -0.15) is 0 Å². The Morgan fingerprint density at radius 2 is 1.70 bits per heavy atom. The van der Waals surface area contributed by atoms with Crippen LogP contribution in [-0.2, 0) is 9.47 Å². The molecule has 1 aromatic rings. The van der Waals surface area contributed by atoms with Crippen molar-refractivity contribution >= 4 is 5.97 Å². The number of esters is 1. The van der Waals surface area contributed by atoms with Gasteiger partial charge in [0, 0.05) is 13.7 Å². The molecule has 0 unspecified atom stereocenters. The van der Waals surface area contributed by atoms with Crippen molar-refractivity contribution in [2.45, 2.75) is 25.7 Å². The number of aliphatic hydroxyl groups is 1. The summed E-state index contributed by atoms with van der Waals surface area (Å²) >= 11 is 0. The predicted octanol–water partition coefficient (Wildman–Crippen LogP) is 2.67. The van der Waals surface area contributed by atoms with Crippen molar-refractivity contribution in [2.24, 2.45) is 11.8 Å². The van der Waals surface area contributed by atoms with Gasteiger partial charge in [0.15, 0.2) is 0 Å². The number of hydrogen-bond acceptors (Lipinski definition) is 5. The van der Waals surface area contributed by atoms with E-state index >= 15 is 0 Å².